The fourth-order valence-corrected chi connectivity index (χ4v) is 6.24. The molecule has 2 aromatic carbocycles. The number of carbonyl (C=O) groups excluding carboxylic acids is 1. The van der Waals surface area contributed by atoms with Crippen LogP contribution in [0.25, 0.3) is 10.2 Å². The lowest BCUT2D eigenvalue weighted by Gasteiger charge is -2.30. The van der Waals surface area contributed by atoms with Crippen molar-refractivity contribution >= 4 is 27.5 Å². The summed E-state index contributed by atoms with van der Waals surface area (Å²) >= 11 is 1.74. The number of hydrogen-bond acceptors (Lipinski definition) is 5. The summed E-state index contributed by atoms with van der Waals surface area (Å²) in [5, 5.41) is 1.10. The molecule has 172 valence electrons. The zero-order valence-corrected chi connectivity index (χ0v) is 19.9. The first kappa shape index (κ1) is 22.3. The van der Waals surface area contributed by atoms with Gasteiger partial charge in [0, 0.05) is 31.6 Å². The molecule has 0 spiro atoms. The number of nitrogens with zero attached hydrogens (tertiary/aromatic N) is 2. The van der Waals surface area contributed by atoms with Crippen LogP contribution in [-0.2, 0) is 4.79 Å². The maximum absolute atomic E-state index is 13.4. The molecule has 5 nitrogen and oxygen atoms in total. The Morgan fingerprint density at radius 1 is 1.06 bits per heavy atom. The molecule has 1 aliphatic carbocycles. The van der Waals surface area contributed by atoms with Gasteiger partial charge in [-0.3, -0.25) is 15.6 Å². The second-order valence-electron chi connectivity index (χ2n) is 9.26. The van der Waals surface area contributed by atoms with Crippen LogP contribution in [0.4, 0.5) is 0 Å². The minimum absolute atomic E-state index is 0.0192. The van der Waals surface area contributed by atoms with Crippen molar-refractivity contribution in [3.05, 3.63) is 77.3 Å². The Labute approximate surface area is 199 Å². The number of carbonyl (C=O) groups is 1. The van der Waals surface area contributed by atoms with Crippen LogP contribution in [0, 0.1) is 5.92 Å². The van der Waals surface area contributed by atoms with Crippen molar-refractivity contribution in [1.29, 1.82) is 0 Å². The molecule has 1 aromatic heterocycles. The van der Waals surface area contributed by atoms with Crippen molar-refractivity contribution < 1.29 is 4.79 Å². The van der Waals surface area contributed by atoms with E-state index >= 15 is 0 Å². The number of fused-ring (bicyclic) bond motifs is 1. The van der Waals surface area contributed by atoms with Gasteiger partial charge < -0.3 is 4.90 Å². The smallest absolute Gasteiger partial charge is 0.226 e. The molecule has 3 aromatic rings. The minimum atomic E-state index is -0.0192. The SMILES string of the molecule is CN(CCCC1CC(c2ccccc2)NN1)C(=O)C1CC=CCC1c1nc2ccccc2s1. The molecular weight excluding hydrogens is 428 g/mol. The van der Waals surface area contributed by atoms with E-state index in [4.69, 9.17) is 4.98 Å². The Hall–Kier alpha value is -2.54. The zero-order chi connectivity index (χ0) is 22.6. The van der Waals surface area contributed by atoms with Crippen LogP contribution < -0.4 is 10.9 Å². The van der Waals surface area contributed by atoms with Crippen molar-refractivity contribution in [3.63, 3.8) is 0 Å². The van der Waals surface area contributed by atoms with Gasteiger partial charge in [-0.1, -0.05) is 54.6 Å². The summed E-state index contributed by atoms with van der Waals surface area (Å²) in [6.07, 6.45) is 9.20. The molecule has 1 aliphatic heterocycles. The van der Waals surface area contributed by atoms with Crippen molar-refractivity contribution in [2.24, 2.45) is 5.92 Å². The fraction of sp³-hybridized carbons (Fsp3) is 0.407. The predicted octanol–water partition coefficient (Wildman–Crippen LogP) is 5.19. The minimum Gasteiger partial charge on any atom is -0.345 e. The molecule has 2 N–H and O–H groups in total. The zero-order valence-electron chi connectivity index (χ0n) is 19.1. The maximum Gasteiger partial charge on any atom is 0.226 e. The number of thiazole rings is 1. The molecule has 1 fully saturated rings. The molecule has 33 heavy (non-hydrogen) atoms. The third kappa shape index (κ3) is 5.03. The highest BCUT2D eigenvalue weighted by atomic mass is 32.1. The second-order valence-corrected chi connectivity index (χ2v) is 10.3. The normalized spacial score (nSPS) is 24.9. The molecule has 2 aliphatic rings. The summed E-state index contributed by atoms with van der Waals surface area (Å²) in [5.74, 6) is 0.409. The molecular formula is C27H32N4OS. The Balaban J connectivity index is 1.15. The van der Waals surface area contributed by atoms with E-state index in [2.05, 4.69) is 71.5 Å². The standard InChI is InChI=1S/C27H32N4OS/c1-31(17-9-12-20-18-24(30-29-20)19-10-3-2-4-11-19)27(32)22-14-6-5-13-21(22)26-28-23-15-7-8-16-25(23)33-26/h2-8,10-11,15-16,20-22,24,29-30H,9,12-14,17-18H2,1H3. The van der Waals surface area contributed by atoms with Crippen molar-refractivity contribution in [1.82, 2.24) is 20.7 Å². The summed E-state index contributed by atoms with van der Waals surface area (Å²) in [7, 11) is 1.96. The number of benzene rings is 2. The van der Waals surface area contributed by atoms with Crippen LogP contribution in [0.3, 0.4) is 0 Å². The van der Waals surface area contributed by atoms with E-state index in [0.717, 1.165) is 49.2 Å². The Morgan fingerprint density at radius 2 is 1.85 bits per heavy atom. The first-order valence-corrected chi connectivity index (χ1v) is 12.8. The van der Waals surface area contributed by atoms with Gasteiger partial charge in [-0.2, -0.15) is 0 Å². The Morgan fingerprint density at radius 3 is 2.70 bits per heavy atom. The summed E-state index contributed by atoms with van der Waals surface area (Å²) < 4.78 is 1.20. The molecule has 4 unspecified atom stereocenters. The molecule has 0 saturated carbocycles. The highest BCUT2D eigenvalue weighted by molar-refractivity contribution is 7.18. The molecule has 2 heterocycles. The Kier molecular flexibility index (Phi) is 6.85. The summed E-state index contributed by atoms with van der Waals surface area (Å²) in [6.45, 7) is 0.791. The van der Waals surface area contributed by atoms with Gasteiger partial charge in [-0.05, 0) is 49.8 Å². The number of nitrogens with one attached hydrogen (secondary N) is 2. The number of allylic oxidation sites excluding steroid dienone is 2. The highest BCUT2D eigenvalue weighted by Crippen LogP contribution is 2.39. The predicted molar refractivity (Wildman–Crippen MR) is 135 cm³/mol. The molecule has 0 bridgehead atoms. The largest absolute Gasteiger partial charge is 0.345 e. The number of aromatic nitrogens is 1. The second kappa shape index (κ2) is 10.2. The van der Waals surface area contributed by atoms with Crippen LogP contribution in [0.2, 0.25) is 0 Å². The van der Waals surface area contributed by atoms with Gasteiger partial charge in [-0.25, -0.2) is 4.98 Å². The third-order valence-electron chi connectivity index (χ3n) is 6.98. The summed E-state index contributed by atoms with van der Waals surface area (Å²) in [6, 6.07) is 19.6. The molecule has 1 amide bonds. The van der Waals surface area contributed by atoms with E-state index in [-0.39, 0.29) is 17.7 Å². The molecule has 0 radical (unpaired) electrons. The van der Waals surface area contributed by atoms with Gasteiger partial charge >= 0.3 is 0 Å². The first-order chi connectivity index (χ1) is 16.2. The lowest BCUT2D eigenvalue weighted by molar-refractivity contribution is -0.135. The molecule has 4 atom stereocenters. The average Bonchev–Trinajstić information content (AvgIpc) is 3.51. The summed E-state index contributed by atoms with van der Waals surface area (Å²) in [4.78, 5) is 20.2. The Bertz CT molecular complexity index is 1080. The molecule has 1 saturated heterocycles. The molecule has 6 heteroatoms. The van der Waals surface area contributed by atoms with E-state index in [9.17, 15) is 4.79 Å². The van der Waals surface area contributed by atoms with Gasteiger partial charge in [0.15, 0.2) is 0 Å². The number of amides is 1. The van der Waals surface area contributed by atoms with Gasteiger partial charge in [0.1, 0.15) is 0 Å². The van der Waals surface area contributed by atoms with Crippen LogP contribution in [0.5, 0.6) is 0 Å². The van der Waals surface area contributed by atoms with E-state index < -0.39 is 0 Å². The average molecular weight is 461 g/mol. The van der Waals surface area contributed by atoms with Crippen LogP contribution in [0.1, 0.15) is 54.6 Å². The highest BCUT2D eigenvalue weighted by Gasteiger charge is 2.34. The topological polar surface area (TPSA) is 57.3 Å². The maximum atomic E-state index is 13.4. The van der Waals surface area contributed by atoms with Crippen LogP contribution >= 0.6 is 11.3 Å². The number of para-hydroxylation sites is 1. The lowest BCUT2D eigenvalue weighted by atomic mass is 9.82. The number of rotatable bonds is 7. The van der Waals surface area contributed by atoms with Crippen molar-refractivity contribution in [3.8, 4) is 0 Å². The third-order valence-corrected chi connectivity index (χ3v) is 8.15. The van der Waals surface area contributed by atoms with E-state index in [0.29, 0.717) is 12.1 Å². The van der Waals surface area contributed by atoms with Gasteiger partial charge in [-0.15, -0.1) is 11.3 Å². The van der Waals surface area contributed by atoms with Gasteiger partial charge in [0.05, 0.1) is 21.1 Å². The van der Waals surface area contributed by atoms with E-state index in [1.807, 2.05) is 18.0 Å². The molecule has 5 rings (SSSR count). The van der Waals surface area contributed by atoms with Gasteiger partial charge in [0.2, 0.25) is 5.91 Å². The van der Waals surface area contributed by atoms with Crippen molar-refractivity contribution in [2.75, 3.05) is 13.6 Å². The fourth-order valence-electron chi connectivity index (χ4n) is 5.09. The monoisotopic (exact) mass is 460 g/mol. The quantitative estimate of drug-likeness (QED) is 0.476. The number of hydrogen-bond donors (Lipinski definition) is 2. The lowest BCUT2D eigenvalue weighted by Crippen LogP contribution is -2.37. The van der Waals surface area contributed by atoms with Gasteiger partial charge in [0.25, 0.3) is 0 Å². The number of hydrazine groups is 1. The van der Waals surface area contributed by atoms with E-state index in [1.165, 1.54) is 10.3 Å². The van der Waals surface area contributed by atoms with Crippen LogP contribution in [0.15, 0.2) is 66.7 Å². The first-order valence-electron chi connectivity index (χ1n) is 12.0. The van der Waals surface area contributed by atoms with Crippen LogP contribution in [-0.4, -0.2) is 35.4 Å². The summed E-state index contributed by atoms with van der Waals surface area (Å²) in [5.41, 5.74) is 9.23. The van der Waals surface area contributed by atoms with Crippen molar-refractivity contribution in [2.45, 2.75) is 50.1 Å². The van der Waals surface area contributed by atoms with E-state index in [1.54, 1.807) is 11.3 Å².